The van der Waals surface area contributed by atoms with Crippen LogP contribution in [0.4, 0.5) is 0 Å². The van der Waals surface area contributed by atoms with Gasteiger partial charge < -0.3 is 10.3 Å². The van der Waals surface area contributed by atoms with Crippen LogP contribution in [-0.2, 0) is 6.42 Å². The van der Waals surface area contributed by atoms with Gasteiger partial charge in [-0.2, -0.15) is 0 Å². The summed E-state index contributed by atoms with van der Waals surface area (Å²) in [5.74, 6) is -0.159. The highest BCUT2D eigenvalue weighted by molar-refractivity contribution is 7.13. The van der Waals surface area contributed by atoms with Gasteiger partial charge in [-0.25, -0.2) is 4.98 Å². The Morgan fingerprint density at radius 3 is 2.95 bits per heavy atom. The van der Waals surface area contributed by atoms with E-state index in [-0.39, 0.29) is 5.91 Å². The molecule has 0 unspecified atom stereocenters. The Morgan fingerprint density at radius 1 is 1.24 bits per heavy atom. The van der Waals surface area contributed by atoms with Crippen LogP contribution in [0.25, 0.3) is 10.6 Å². The van der Waals surface area contributed by atoms with Gasteiger partial charge in [-0.1, -0.05) is 12.1 Å². The predicted octanol–water partition coefficient (Wildman–Crippen LogP) is 2.51. The van der Waals surface area contributed by atoms with Crippen molar-refractivity contribution >= 4 is 17.2 Å². The minimum Gasteiger partial charge on any atom is -0.350 e. The smallest absolute Gasteiger partial charge is 0.269 e. The summed E-state index contributed by atoms with van der Waals surface area (Å²) in [5.41, 5.74) is 2.41. The first-order chi connectivity index (χ1) is 10.3. The fourth-order valence-electron chi connectivity index (χ4n) is 2.03. The molecule has 106 valence electrons. The summed E-state index contributed by atoms with van der Waals surface area (Å²) in [4.78, 5) is 24.5. The summed E-state index contributed by atoms with van der Waals surface area (Å²) in [6.07, 6.45) is 4.00. The molecule has 2 N–H and O–H groups in total. The molecule has 0 saturated heterocycles. The third kappa shape index (κ3) is 3.17. The van der Waals surface area contributed by atoms with E-state index in [1.807, 2.05) is 17.5 Å². The van der Waals surface area contributed by atoms with Crippen LogP contribution in [-0.4, -0.2) is 27.4 Å². The van der Waals surface area contributed by atoms with Crippen molar-refractivity contribution in [2.75, 3.05) is 6.54 Å². The zero-order chi connectivity index (χ0) is 14.5. The molecule has 0 aliphatic rings. The van der Waals surface area contributed by atoms with Gasteiger partial charge in [-0.05, 0) is 23.6 Å². The van der Waals surface area contributed by atoms with E-state index in [2.05, 4.69) is 20.3 Å². The van der Waals surface area contributed by atoms with Crippen LogP contribution >= 0.6 is 11.3 Å². The maximum atomic E-state index is 11.9. The standard InChI is InChI=1S/C15H14N4OS/c20-15(12-4-1-2-7-16-12)17-8-6-11-14(19-10-18-11)13-5-3-9-21-13/h1-5,7,9-10H,6,8H2,(H,17,20)(H,18,19). The minimum atomic E-state index is -0.159. The molecule has 3 aromatic heterocycles. The number of thiophene rings is 1. The molecule has 0 atom stereocenters. The van der Waals surface area contributed by atoms with Crippen molar-refractivity contribution in [1.29, 1.82) is 0 Å². The van der Waals surface area contributed by atoms with Crippen molar-refractivity contribution in [2.45, 2.75) is 6.42 Å². The summed E-state index contributed by atoms with van der Waals surface area (Å²) < 4.78 is 0. The van der Waals surface area contributed by atoms with Gasteiger partial charge in [0.2, 0.25) is 0 Å². The average molecular weight is 298 g/mol. The number of pyridine rings is 1. The summed E-state index contributed by atoms with van der Waals surface area (Å²) in [6, 6.07) is 9.32. The van der Waals surface area contributed by atoms with Crippen molar-refractivity contribution in [2.24, 2.45) is 0 Å². The lowest BCUT2D eigenvalue weighted by Gasteiger charge is -2.04. The highest BCUT2D eigenvalue weighted by atomic mass is 32.1. The van der Waals surface area contributed by atoms with Gasteiger partial charge in [0.25, 0.3) is 5.91 Å². The third-order valence-electron chi connectivity index (χ3n) is 3.03. The number of nitrogens with zero attached hydrogens (tertiary/aromatic N) is 2. The van der Waals surface area contributed by atoms with Gasteiger partial charge in [0.1, 0.15) is 11.4 Å². The van der Waals surface area contributed by atoms with E-state index < -0.39 is 0 Å². The molecule has 0 fully saturated rings. The number of nitrogens with one attached hydrogen (secondary N) is 2. The van der Waals surface area contributed by atoms with Crippen LogP contribution in [0.2, 0.25) is 0 Å². The van der Waals surface area contributed by atoms with Crippen molar-refractivity contribution in [1.82, 2.24) is 20.3 Å². The number of aromatic amines is 1. The molecular formula is C15H14N4OS. The van der Waals surface area contributed by atoms with Crippen LogP contribution in [0.15, 0.2) is 48.2 Å². The normalized spacial score (nSPS) is 10.5. The van der Waals surface area contributed by atoms with Gasteiger partial charge >= 0.3 is 0 Å². The lowest BCUT2D eigenvalue weighted by Crippen LogP contribution is -2.26. The average Bonchev–Trinajstić information content (AvgIpc) is 3.18. The maximum Gasteiger partial charge on any atom is 0.269 e. The number of hydrogen-bond donors (Lipinski definition) is 2. The Morgan fingerprint density at radius 2 is 2.19 bits per heavy atom. The number of rotatable bonds is 5. The van der Waals surface area contributed by atoms with E-state index in [0.29, 0.717) is 18.7 Å². The number of aromatic nitrogens is 3. The highest BCUT2D eigenvalue weighted by Gasteiger charge is 2.10. The molecule has 3 rings (SSSR count). The van der Waals surface area contributed by atoms with Crippen molar-refractivity contribution in [3.63, 3.8) is 0 Å². The lowest BCUT2D eigenvalue weighted by atomic mass is 10.2. The summed E-state index contributed by atoms with van der Waals surface area (Å²) >= 11 is 1.65. The Bertz CT molecular complexity index is 706. The first-order valence-electron chi connectivity index (χ1n) is 6.60. The largest absolute Gasteiger partial charge is 0.350 e. The number of imidazole rings is 1. The number of carbonyl (C=O) groups excluding carboxylic acids is 1. The van der Waals surface area contributed by atoms with Gasteiger partial charge in [-0.3, -0.25) is 9.78 Å². The van der Waals surface area contributed by atoms with Crippen LogP contribution in [0.5, 0.6) is 0 Å². The Labute approximate surface area is 126 Å². The number of hydrogen-bond acceptors (Lipinski definition) is 4. The molecule has 0 radical (unpaired) electrons. The van der Waals surface area contributed by atoms with Crippen LogP contribution in [0, 0.1) is 0 Å². The molecule has 3 aromatic rings. The van der Waals surface area contributed by atoms with E-state index in [1.165, 1.54) is 0 Å². The Kier molecular flexibility index (Phi) is 4.07. The number of H-pyrrole nitrogens is 1. The fraction of sp³-hybridized carbons (Fsp3) is 0.133. The summed E-state index contributed by atoms with van der Waals surface area (Å²) in [6.45, 7) is 0.538. The van der Waals surface area contributed by atoms with Crippen LogP contribution in [0.1, 0.15) is 16.2 Å². The second-order valence-corrected chi connectivity index (χ2v) is 5.38. The molecule has 6 heteroatoms. The molecule has 21 heavy (non-hydrogen) atoms. The quantitative estimate of drug-likeness (QED) is 0.760. The second kappa shape index (κ2) is 6.32. The zero-order valence-corrected chi connectivity index (χ0v) is 12.1. The van der Waals surface area contributed by atoms with E-state index in [1.54, 1.807) is 42.1 Å². The van der Waals surface area contributed by atoms with E-state index in [9.17, 15) is 4.79 Å². The topological polar surface area (TPSA) is 70.7 Å². The number of amides is 1. The van der Waals surface area contributed by atoms with E-state index >= 15 is 0 Å². The highest BCUT2D eigenvalue weighted by Crippen LogP contribution is 2.25. The molecule has 0 aliphatic carbocycles. The maximum absolute atomic E-state index is 11.9. The molecule has 5 nitrogen and oxygen atoms in total. The molecule has 0 saturated carbocycles. The molecule has 0 spiro atoms. The van der Waals surface area contributed by atoms with Crippen molar-refractivity contribution < 1.29 is 4.79 Å². The SMILES string of the molecule is O=C(NCCc1[nH]cnc1-c1cccs1)c1ccccn1. The molecular weight excluding hydrogens is 284 g/mol. The summed E-state index contributed by atoms with van der Waals surface area (Å²) in [7, 11) is 0. The van der Waals surface area contributed by atoms with E-state index in [4.69, 9.17) is 0 Å². The fourth-order valence-corrected chi connectivity index (χ4v) is 2.77. The van der Waals surface area contributed by atoms with Gasteiger partial charge in [0.05, 0.1) is 11.2 Å². The minimum absolute atomic E-state index is 0.159. The molecule has 0 aliphatic heterocycles. The Hall–Kier alpha value is -2.47. The second-order valence-electron chi connectivity index (χ2n) is 4.43. The van der Waals surface area contributed by atoms with Crippen molar-refractivity contribution in [3.8, 4) is 10.6 Å². The predicted molar refractivity (Wildman–Crippen MR) is 82.2 cm³/mol. The zero-order valence-electron chi connectivity index (χ0n) is 11.2. The van der Waals surface area contributed by atoms with Gasteiger partial charge in [0.15, 0.2) is 0 Å². The van der Waals surface area contributed by atoms with Gasteiger partial charge in [-0.15, -0.1) is 11.3 Å². The molecule has 0 bridgehead atoms. The lowest BCUT2D eigenvalue weighted by molar-refractivity contribution is 0.0949. The monoisotopic (exact) mass is 298 g/mol. The van der Waals surface area contributed by atoms with E-state index in [0.717, 1.165) is 16.3 Å². The Balaban J connectivity index is 1.59. The van der Waals surface area contributed by atoms with Crippen molar-refractivity contribution in [3.05, 3.63) is 59.6 Å². The molecule has 3 heterocycles. The first kappa shape index (κ1) is 13.5. The number of carbonyl (C=O) groups is 1. The van der Waals surface area contributed by atoms with Gasteiger partial charge in [0, 0.05) is 24.9 Å². The molecule has 0 aromatic carbocycles. The third-order valence-corrected chi connectivity index (χ3v) is 3.91. The molecule has 1 amide bonds. The van der Waals surface area contributed by atoms with Crippen LogP contribution in [0.3, 0.4) is 0 Å². The summed E-state index contributed by atoms with van der Waals surface area (Å²) in [5, 5.41) is 4.89. The van der Waals surface area contributed by atoms with Crippen LogP contribution < -0.4 is 5.32 Å². The first-order valence-corrected chi connectivity index (χ1v) is 7.48.